The summed E-state index contributed by atoms with van der Waals surface area (Å²) >= 11 is 0. The van der Waals surface area contributed by atoms with Crippen molar-refractivity contribution in [3.05, 3.63) is 65.5 Å². The molecule has 27 heavy (non-hydrogen) atoms. The number of anilines is 1. The van der Waals surface area contributed by atoms with Gasteiger partial charge in [-0.2, -0.15) is 9.97 Å². The molecule has 0 saturated heterocycles. The Morgan fingerprint density at radius 3 is 2.00 bits per heavy atom. The molecule has 1 heterocycles. The van der Waals surface area contributed by atoms with Crippen LogP contribution in [0.2, 0.25) is 0 Å². The molecule has 0 saturated carbocycles. The van der Waals surface area contributed by atoms with E-state index < -0.39 is 5.97 Å². The van der Waals surface area contributed by atoms with E-state index in [2.05, 4.69) is 14.7 Å². The molecule has 0 radical (unpaired) electrons. The summed E-state index contributed by atoms with van der Waals surface area (Å²) in [5.41, 5.74) is 8.83. The highest BCUT2D eigenvalue weighted by atomic mass is 16.5. The Morgan fingerprint density at radius 1 is 0.889 bits per heavy atom. The molecule has 7 nitrogen and oxygen atoms in total. The number of ether oxygens (including phenoxy) is 3. The maximum atomic E-state index is 11.5. The minimum atomic E-state index is -0.424. The molecule has 0 aliphatic rings. The van der Waals surface area contributed by atoms with Crippen LogP contribution in [0.15, 0.2) is 48.8 Å². The van der Waals surface area contributed by atoms with Gasteiger partial charge in [0.15, 0.2) is 5.69 Å². The van der Waals surface area contributed by atoms with Crippen LogP contribution in [-0.4, -0.2) is 23.0 Å². The maximum Gasteiger partial charge on any atom is 0.337 e. The smallest absolute Gasteiger partial charge is 0.337 e. The first-order valence-corrected chi connectivity index (χ1v) is 8.19. The summed E-state index contributed by atoms with van der Waals surface area (Å²) in [5, 5.41) is 0. The lowest BCUT2D eigenvalue weighted by Gasteiger charge is -2.12. The Bertz CT molecular complexity index is 951. The first-order valence-electron chi connectivity index (χ1n) is 8.19. The van der Waals surface area contributed by atoms with Gasteiger partial charge in [-0.15, -0.1) is 0 Å². The number of carbonyl (C=O) groups is 1. The topological polar surface area (TPSA) is 96.6 Å². The van der Waals surface area contributed by atoms with Crippen molar-refractivity contribution < 1.29 is 19.0 Å². The van der Waals surface area contributed by atoms with Crippen LogP contribution in [0.3, 0.4) is 0 Å². The number of hydrogen-bond acceptors (Lipinski definition) is 7. The van der Waals surface area contributed by atoms with Crippen molar-refractivity contribution in [3.63, 3.8) is 0 Å². The van der Waals surface area contributed by atoms with E-state index in [1.54, 1.807) is 24.3 Å². The van der Waals surface area contributed by atoms with E-state index >= 15 is 0 Å². The number of hydrogen-bond donors (Lipinski definition) is 1. The molecule has 1 aromatic heterocycles. The van der Waals surface area contributed by atoms with Crippen molar-refractivity contribution in [1.29, 1.82) is 0 Å². The fourth-order valence-corrected chi connectivity index (χ4v) is 2.52. The van der Waals surface area contributed by atoms with Crippen molar-refractivity contribution in [2.75, 3.05) is 12.8 Å². The van der Waals surface area contributed by atoms with Gasteiger partial charge in [-0.25, -0.2) is 4.79 Å². The SMILES string of the molecule is COC(=O)c1ccc(Oc2ncnc(Oc3cc(C)cc(C)c3)c2N)cc1. The van der Waals surface area contributed by atoms with Gasteiger partial charge in [0.05, 0.1) is 12.7 Å². The molecule has 7 heteroatoms. The largest absolute Gasteiger partial charge is 0.465 e. The lowest BCUT2D eigenvalue weighted by atomic mass is 10.1. The number of nitrogens with two attached hydrogens (primary N) is 1. The summed E-state index contributed by atoms with van der Waals surface area (Å²) < 4.78 is 16.2. The predicted octanol–water partition coefficient (Wildman–Crippen LogP) is 4.05. The van der Waals surface area contributed by atoms with Crippen molar-refractivity contribution in [3.8, 4) is 23.3 Å². The molecular weight excluding hydrogens is 346 g/mol. The van der Waals surface area contributed by atoms with E-state index in [0.717, 1.165) is 11.1 Å². The lowest BCUT2D eigenvalue weighted by Crippen LogP contribution is -2.02. The van der Waals surface area contributed by atoms with Crippen LogP contribution in [0.4, 0.5) is 5.69 Å². The number of benzene rings is 2. The van der Waals surface area contributed by atoms with E-state index in [4.69, 9.17) is 15.2 Å². The third-order valence-electron chi connectivity index (χ3n) is 3.71. The van der Waals surface area contributed by atoms with E-state index in [0.29, 0.717) is 17.1 Å². The molecule has 3 rings (SSSR count). The first-order chi connectivity index (χ1) is 13.0. The van der Waals surface area contributed by atoms with Crippen LogP contribution in [0, 0.1) is 13.8 Å². The predicted molar refractivity (Wildman–Crippen MR) is 100 cm³/mol. The minimum Gasteiger partial charge on any atom is -0.465 e. The van der Waals surface area contributed by atoms with Gasteiger partial charge in [0, 0.05) is 0 Å². The van der Waals surface area contributed by atoms with Crippen LogP contribution >= 0.6 is 0 Å². The first kappa shape index (κ1) is 18.2. The number of nitrogens with zero attached hydrogens (tertiary/aromatic N) is 2. The van der Waals surface area contributed by atoms with Crippen molar-refractivity contribution in [2.24, 2.45) is 0 Å². The Hall–Kier alpha value is -3.61. The summed E-state index contributed by atoms with van der Waals surface area (Å²) in [6.45, 7) is 3.96. The van der Waals surface area contributed by atoms with Gasteiger partial charge in [-0.05, 0) is 61.4 Å². The average Bonchev–Trinajstić information content (AvgIpc) is 2.64. The second-order valence-corrected chi connectivity index (χ2v) is 5.94. The molecule has 0 bridgehead atoms. The Morgan fingerprint density at radius 2 is 1.44 bits per heavy atom. The van der Waals surface area contributed by atoms with Crippen LogP contribution in [0.5, 0.6) is 23.3 Å². The molecule has 0 spiro atoms. The summed E-state index contributed by atoms with van der Waals surface area (Å²) in [7, 11) is 1.32. The number of methoxy groups -OCH3 is 1. The third-order valence-corrected chi connectivity index (χ3v) is 3.71. The zero-order chi connectivity index (χ0) is 19.4. The van der Waals surface area contributed by atoms with Crippen LogP contribution in [0.1, 0.15) is 21.5 Å². The average molecular weight is 365 g/mol. The second-order valence-electron chi connectivity index (χ2n) is 5.94. The number of carbonyl (C=O) groups excluding carboxylic acids is 1. The number of aryl methyl sites for hydroxylation is 2. The highest BCUT2D eigenvalue weighted by Crippen LogP contribution is 2.33. The molecule has 0 unspecified atom stereocenters. The molecule has 2 N–H and O–H groups in total. The maximum absolute atomic E-state index is 11.5. The van der Waals surface area contributed by atoms with Gasteiger partial charge in [-0.3, -0.25) is 0 Å². The van der Waals surface area contributed by atoms with Gasteiger partial charge in [0.25, 0.3) is 0 Å². The number of esters is 1. The molecule has 0 aliphatic heterocycles. The fourth-order valence-electron chi connectivity index (χ4n) is 2.52. The normalized spacial score (nSPS) is 10.3. The molecular formula is C20H19N3O4. The minimum absolute atomic E-state index is 0.162. The van der Waals surface area contributed by atoms with Gasteiger partial charge in [0.1, 0.15) is 17.8 Å². The highest BCUT2D eigenvalue weighted by Gasteiger charge is 2.13. The fraction of sp³-hybridized carbons (Fsp3) is 0.150. The molecule has 0 amide bonds. The third kappa shape index (κ3) is 4.33. The van der Waals surface area contributed by atoms with Crippen LogP contribution < -0.4 is 15.2 Å². The Labute approximate surface area is 156 Å². The molecule has 138 valence electrons. The molecule has 0 fully saturated rings. The Kier molecular flexibility index (Phi) is 5.21. The summed E-state index contributed by atoms with van der Waals surface area (Å²) in [5.74, 6) is 1.04. The molecule has 0 atom stereocenters. The summed E-state index contributed by atoms with van der Waals surface area (Å²) in [6, 6.07) is 12.2. The van der Waals surface area contributed by atoms with Gasteiger partial charge in [0.2, 0.25) is 11.8 Å². The molecule has 0 aliphatic carbocycles. The highest BCUT2D eigenvalue weighted by molar-refractivity contribution is 5.89. The zero-order valence-corrected chi connectivity index (χ0v) is 15.2. The van der Waals surface area contributed by atoms with E-state index in [-0.39, 0.29) is 17.4 Å². The van der Waals surface area contributed by atoms with E-state index in [9.17, 15) is 4.79 Å². The standard InChI is InChI=1S/C20H19N3O4/c1-12-8-13(2)10-16(9-12)27-19-17(21)18(22-11-23-19)26-15-6-4-14(5-7-15)20(24)25-3/h4-11H,21H2,1-3H3. The van der Waals surface area contributed by atoms with Gasteiger partial charge >= 0.3 is 5.97 Å². The van der Waals surface area contributed by atoms with Crippen LogP contribution in [-0.2, 0) is 4.74 Å². The molecule has 2 aromatic carbocycles. The quantitative estimate of drug-likeness (QED) is 0.681. The zero-order valence-electron chi connectivity index (χ0n) is 15.2. The van der Waals surface area contributed by atoms with Crippen LogP contribution in [0.25, 0.3) is 0 Å². The number of aromatic nitrogens is 2. The van der Waals surface area contributed by atoms with Gasteiger partial charge in [-0.1, -0.05) is 6.07 Å². The van der Waals surface area contributed by atoms with Crippen molar-refractivity contribution >= 4 is 11.7 Å². The number of nitrogen functional groups attached to an aromatic ring is 1. The monoisotopic (exact) mass is 365 g/mol. The van der Waals surface area contributed by atoms with Gasteiger partial charge < -0.3 is 19.9 Å². The van der Waals surface area contributed by atoms with E-state index in [1.165, 1.54) is 13.4 Å². The second kappa shape index (κ2) is 7.74. The summed E-state index contributed by atoms with van der Waals surface area (Å²) in [6.07, 6.45) is 1.31. The van der Waals surface area contributed by atoms with E-state index in [1.807, 2.05) is 32.0 Å². The lowest BCUT2D eigenvalue weighted by molar-refractivity contribution is 0.0600. The van der Waals surface area contributed by atoms with Crippen molar-refractivity contribution in [2.45, 2.75) is 13.8 Å². The summed E-state index contributed by atoms with van der Waals surface area (Å²) in [4.78, 5) is 19.6. The molecule has 3 aromatic rings. The Balaban J connectivity index is 1.81. The van der Waals surface area contributed by atoms with Crippen molar-refractivity contribution in [1.82, 2.24) is 9.97 Å². The number of rotatable bonds is 5.